The Balaban J connectivity index is 3.24. The molecular formula is C9H20ClNO. The summed E-state index contributed by atoms with van der Waals surface area (Å²) in [5.41, 5.74) is 0. The van der Waals surface area contributed by atoms with E-state index in [9.17, 15) is 0 Å². The van der Waals surface area contributed by atoms with E-state index in [0.717, 1.165) is 25.5 Å². The van der Waals surface area contributed by atoms with E-state index in [1.807, 2.05) is 0 Å². The predicted molar refractivity (Wildman–Crippen MR) is 53.8 cm³/mol. The molecule has 0 aliphatic rings. The number of hydrogen-bond acceptors (Lipinski definition) is 2. The molecule has 2 atom stereocenters. The molecule has 2 nitrogen and oxygen atoms in total. The SMILES string of the molecule is COCCC(C)NCC(C)CCl. The smallest absolute Gasteiger partial charge is 0.0476 e. The Morgan fingerprint density at radius 2 is 2.08 bits per heavy atom. The van der Waals surface area contributed by atoms with E-state index >= 15 is 0 Å². The number of alkyl halides is 1. The zero-order valence-electron chi connectivity index (χ0n) is 8.27. The first-order valence-electron chi connectivity index (χ1n) is 4.49. The van der Waals surface area contributed by atoms with Crippen LogP contribution in [0.25, 0.3) is 0 Å². The molecule has 0 fully saturated rings. The van der Waals surface area contributed by atoms with E-state index in [2.05, 4.69) is 19.2 Å². The number of ether oxygens (including phenoxy) is 1. The quantitative estimate of drug-likeness (QED) is 0.624. The van der Waals surface area contributed by atoms with Crippen LogP contribution >= 0.6 is 11.6 Å². The van der Waals surface area contributed by atoms with Crippen molar-refractivity contribution < 1.29 is 4.74 Å². The summed E-state index contributed by atoms with van der Waals surface area (Å²) >= 11 is 5.68. The molecule has 0 rings (SSSR count). The summed E-state index contributed by atoms with van der Waals surface area (Å²) in [6.45, 7) is 6.13. The van der Waals surface area contributed by atoms with Crippen LogP contribution in [-0.4, -0.2) is 32.2 Å². The van der Waals surface area contributed by atoms with E-state index in [4.69, 9.17) is 16.3 Å². The van der Waals surface area contributed by atoms with Gasteiger partial charge in [0.2, 0.25) is 0 Å². The minimum Gasteiger partial charge on any atom is -0.385 e. The molecule has 0 bridgehead atoms. The number of hydrogen-bond donors (Lipinski definition) is 1. The Hall–Kier alpha value is 0.210. The Morgan fingerprint density at radius 3 is 2.58 bits per heavy atom. The molecule has 0 aromatic carbocycles. The molecule has 0 amide bonds. The molecule has 0 saturated heterocycles. The van der Waals surface area contributed by atoms with Gasteiger partial charge >= 0.3 is 0 Å². The van der Waals surface area contributed by atoms with Gasteiger partial charge in [-0.3, -0.25) is 0 Å². The van der Waals surface area contributed by atoms with Gasteiger partial charge in [0.25, 0.3) is 0 Å². The predicted octanol–water partition coefficient (Wildman–Crippen LogP) is 1.88. The van der Waals surface area contributed by atoms with Crippen molar-refractivity contribution in [3.05, 3.63) is 0 Å². The van der Waals surface area contributed by atoms with Crippen molar-refractivity contribution >= 4 is 11.6 Å². The Morgan fingerprint density at radius 1 is 1.42 bits per heavy atom. The van der Waals surface area contributed by atoms with E-state index in [1.54, 1.807) is 7.11 Å². The van der Waals surface area contributed by atoms with Crippen molar-refractivity contribution in [2.75, 3.05) is 26.1 Å². The summed E-state index contributed by atoms with van der Waals surface area (Å²) in [7, 11) is 1.73. The number of halogens is 1. The van der Waals surface area contributed by atoms with E-state index in [-0.39, 0.29) is 0 Å². The fourth-order valence-corrected chi connectivity index (χ4v) is 0.963. The first kappa shape index (κ1) is 12.2. The van der Waals surface area contributed by atoms with Crippen LogP contribution < -0.4 is 5.32 Å². The van der Waals surface area contributed by atoms with Crippen molar-refractivity contribution in [2.24, 2.45) is 5.92 Å². The number of rotatable bonds is 7. The van der Waals surface area contributed by atoms with Crippen molar-refractivity contribution in [3.8, 4) is 0 Å². The molecular weight excluding hydrogens is 174 g/mol. The van der Waals surface area contributed by atoms with E-state index < -0.39 is 0 Å². The Kier molecular flexibility index (Phi) is 7.98. The third-order valence-electron chi connectivity index (χ3n) is 1.83. The zero-order valence-corrected chi connectivity index (χ0v) is 9.03. The lowest BCUT2D eigenvalue weighted by Gasteiger charge is -2.15. The fraction of sp³-hybridized carbons (Fsp3) is 1.00. The van der Waals surface area contributed by atoms with Crippen LogP contribution in [-0.2, 0) is 4.74 Å². The first-order valence-corrected chi connectivity index (χ1v) is 5.02. The topological polar surface area (TPSA) is 21.3 Å². The third-order valence-corrected chi connectivity index (χ3v) is 2.36. The molecule has 0 saturated carbocycles. The lowest BCUT2D eigenvalue weighted by atomic mass is 10.2. The summed E-state index contributed by atoms with van der Waals surface area (Å²) in [5, 5.41) is 3.40. The summed E-state index contributed by atoms with van der Waals surface area (Å²) in [6.07, 6.45) is 1.06. The summed E-state index contributed by atoms with van der Waals surface area (Å²) < 4.78 is 4.98. The standard InChI is InChI=1S/C9H20ClNO/c1-8(6-10)7-11-9(2)4-5-12-3/h8-9,11H,4-7H2,1-3H3. The van der Waals surface area contributed by atoms with Gasteiger partial charge in [-0.1, -0.05) is 6.92 Å². The lowest BCUT2D eigenvalue weighted by molar-refractivity contribution is 0.184. The van der Waals surface area contributed by atoms with Crippen LogP contribution in [0.2, 0.25) is 0 Å². The van der Waals surface area contributed by atoms with Crippen molar-refractivity contribution in [1.82, 2.24) is 5.32 Å². The van der Waals surface area contributed by atoms with Gasteiger partial charge in [0, 0.05) is 25.6 Å². The van der Waals surface area contributed by atoms with Crippen LogP contribution in [0, 0.1) is 5.92 Å². The molecule has 3 heteroatoms. The molecule has 0 aliphatic carbocycles. The average molecular weight is 194 g/mol. The van der Waals surface area contributed by atoms with Crippen LogP contribution in [0.3, 0.4) is 0 Å². The molecule has 0 spiro atoms. The second kappa shape index (κ2) is 7.84. The molecule has 12 heavy (non-hydrogen) atoms. The minimum absolute atomic E-state index is 0.524. The van der Waals surface area contributed by atoms with Crippen LogP contribution in [0.4, 0.5) is 0 Å². The first-order chi connectivity index (χ1) is 5.70. The van der Waals surface area contributed by atoms with Crippen LogP contribution in [0.1, 0.15) is 20.3 Å². The highest BCUT2D eigenvalue weighted by Gasteiger charge is 2.03. The van der Waals surface area contributed by atoms with Gasteiger partial charge in [-0.15, -0.1) is 11.6 Å². The zero-order chi connectivity index (χ0) is 9.40. The second-order valence-corrected chi connectivity index (χ2v) is 3.66. The Labute approximate surface area is 80.6 Å². The maximum absolute atomic E-state index is 5.68. The molecule has 1 N–H and O–H groups in total. The third kappa shape index (κ3) is 6.89. The van der Waals surface area contributed by atoms with Gasteiger partial charge in [-0.25, -0.2) is 0 Å². The Bertz CT molecular complexity index is 101. The monoisotopic (exact) mass is 193 g/mol. The fourth-order valence-electron chi connectivity index (χ4n) is 0.854. The highest BCUT2D eigenvalue weighted by molar-refractivity contribution is 6.18. The van der Waals surface area contributed by atoms with E-state index in [1.165, 1.54) is 0 Å². The van der Waals surface area contributed by atoms with Gasteiger partial charge in [0.1, 0.15) is 0 Å². The van der Waals surface area contributed by atoms with Crippen molar-refractivity contribution in [3.63, 3.8) is 0 Å². The normalized spacial score (nSPS) is 16.0. The van der Waals surface area contributed by atoms with Crippen LogP contribution in [0.15, 0.2) is 0 Å². The second-order valence-electron chi connectivity index (χ2n) is 3.35. The highest BCUT2D eigenvalue weighted by Crippen LogP contribution is 1.97. The summed E-state index contributed by atoms with van der Waals surface area (Å²) in [6, 6.07) is 0.524. The summed E-state index contributed by atoms with van der Waals surface area (Å²) in [4.78, 5) is 0. The van der Waals surface area contributed by atoms with Crippen molar-refractivity contribution in [2.45, 2.75) is 26.3 Å². The largest absolute Gasteiger partial charge is 0.385 e. The average Bonchev–Trinajstić information content (AvgIpc) is 2.10. The molecule has 0 aromatic heterocycles. The molecule has 74 valence electrons. The van der Waals surface area contributed by atoms with Crippen molar-refractivity contribution in [1.29, 1.82) is 0 Å². The lowest BCUT2D eigenvalue weighted by Crippen LogP contribution is -2.31. The van der Waals surface area contributed by atoms with E-state index in [0.29, 0.717) is 12.0 Å². The van der Waals surface area contributed by atoms with Crippen LogP contribution in [0.5, 0.6) is 0 Å². The van der Waals surface area contributed by atoms with Gasteiger partial charge in [0.15, 0.2) is 0 Å². The minimum atomic E-state index is 0.524. The highest BCUT2D eigenvalue weighted by atomic mass is 35.5. The van der Waals surface area contributed by atoms with Gasteiger partial charge in [0.05, 0.1) is 0 Å². The molecule has 2 unspecified atom stereocenters. The maximum Gasteiger partial charge on any atom is 0.0476 e. The molecule has 0 radical (unpaired) electrons. The molecule has 0 heterocycles. The van der Waals surface area contributed by atoms with Gasteiger partial charge < -0.3 is 10.1 Å². The molecule has 0 aliphatic heterocycles. The van der Waals surface area contributed by atoms with Gasteiger partial charge in [-0.2, -0.15) is 0 Å². The summed E-state index contributed by atoms with van der Waals surface area (Å²) in [5.74, 6) is 1.28. The van der Waals surface area contributed by atoms with Gasteiger partial charge in [-0.05, 0) is 25.8 Å². The number of nitrogens with one attached hydrogen (secondary N) is 1. The number of methoxy groups -OCH3 is 1. The molecule has 0 aromatic rings. The maximum atomic E-state index is 5.68.